The second kappa shape index (κ2) is 5.91. The third-order valence-corrected chi connectivity index (χ3v) is 5.88. The summed E-state index contributed by atoms with van der Waals surface area (Å²) < 4.78 is 3.21. The normalized spacial score (nSPS) is 11.8. The van der Waals surface area contributed by atoms with Crippen molar-refractivity contribution in [1.82, 2.24) is 9.55 Å². The quantitative estimate of drug-likeness (QED) is 0.213. The molecule has 0 atom stereocenters. The Morgan fingerprint density at radius 2 is 1.29 bits per heavy atom. The van der Waals surface area contributed by atoms with Crippen LogP contribution in [0, 0.1) is 0 Å². The fourth-order valence-corrected chi connectivity index (χ4v) is 4.61. The molecule has 0 saturated heterocycles. The second-order valence-corrected chi connectivity index (χ2v) is 7.86. The molecular weight excluding hydrogens is 408 g/mol. The summed E-state index contributed by atoms with van der Waals surface area (Å²) in [7, 11) is 0. The highest BCUT2D eigenvalue weighted by Gasteiger charge is 2.16. The van der Waals surface area contributed by atoms with Crippen LogP contribution in [0.2, 0.25) is 0 Å². The van der Waals surface area contributed by atoms with E-state index < -0.39 is 0 Å². The summed E-state index contributed by atoms with van der Waals surface area (Å²) in [4.78, 5) is 4.63. The summed E-state index contributed by atoms with van der Waals surface area (Å²) in [5, 5.41) is 5.23. The monoisotopic (exact) mass is 422 g/mol. The van der Waals surface area contributed by atoms with E-state index in [-0.39, 0.29) is 0 Å². The zero-order chi connectivity index (χ0) is 18.7. The Kier molecular flexibility index (Phi) is 3.35. The van der Waals surface area contributed by atoms with E-state index in [4.69, 9.17) is 0 Å². The van der Waals surface area contributed by atoms with Crippen LogP contribution in [0.3, 0.4) is 0 Å². The van der Waals surface area contributed by atoms with Gasteiger partial charge < -0.3 is 4.57 Å². The molecule has 0 bridgehead atoms. The molecule has 4 aromatic carbocycles. The predicted octanol–water partition coefficient (Wildman–Crippen LogP) is 7.20. The second-order valence-electron chi connectivity index (χ2n) is 7.05. The van der Waals surface area contributed by atoms with Gasteiger partial charge >= 0.3 is 0 Å². The molecule has 0 aliphatic carbocycles. The molecule has 2 heterocycles. The van der Waals surface area contributed by atoms with Crippen molar-refractivity contribution in [1.29, 1.82) is 0 Å². The van der Waals surface area contributed by atoms with E-state index in [0.717, 1.165) is 21.5 Å². The standard InChI is InChI=1S/C25H15BrN2/c26-23-12-4-9-20(27-23)18-7-1-8-19(15-18)28-21-10-2-5-16-13-14-17-6-3-11-22(28)25(17)24(16)21/h1-15H. The topological polar surface area (TPSA) is 17.8 Å². The number of benzene rings is 4. The number of hydrogen-bond acceptors (Lipinski definition) is 1. The molecule has 0 aliphatic rings. The molecule has 2 nitrogen and oxygen atoms in total. The molecule has 3 heteroatoms. The molecule has 0 unspecified atom stereocenters. The lowest BCUT2D eigenvalue weighted by atomic mass is 10.0. The van der Waals surface area contributed by atoms with Crippen LogP contribution in [0.15, 0.2) is 95.6 Å². The van der Waals surface area contributed by atoms with Crippen LogP contribution >= 0.6 is 15.9 Å². The Labute approximate surface area is 170 Å². The van der Waals surface area contributed by atoms with Crippen molar-refractivity contribution in [2.24, 2.45) is 0 Å². The highest BCUT2D eigenvalue weighted by molar-refractivity contribution is 9.10. The molecule has 0 fully saturated rings. The van der Waals surface area contributed by atoms with Crippen molar-refractivity contribution in [3.8, 4) is 16.9 Å². The maximum Gasteiger partial charge on any atom is 0.106 e. The third kappa shape index (κ3) is 2.23. The molecule has 2 aromatic heterocycles. The van der Waals surface area contributed by atoms with E-state index in [1.54, 1.807) is 0 Å². The lowest BCUT2D eigenvalue weighted by molar-refractivity contribution is 1.18. The Bertz CT molecular complexity index is 1410. The highest BCUT2D eigenvalue weighted by atomic mass is 79.9. The van der Waals surface area contributed by atoms with Crippen molar-refractivity contribution < 1.29 is 0 Å². The van der Waals surface area contributed by atoms with Gasteiger partial charge in [-0.3, -0.25) is 0 Å². The zero-order valence-electron chi connectivity index (χ0n) is 14.9. The molecule has 0 spiro atoms. The first-order chi connectivity index (χ1) is 13.8. The summed E-state index contributed by atoms with van der Waals surface area (Å²) in [6.45, 7) is 0. The van der Waals surface area contributed by atoms with Crippen LogP contribution in [-0.4, -0.2) is 9.55 Å². The SMILES string of the molecule is Brc1cccc(-c2cccc(-n3c4cccc5ccc6cccc3c6c54)c2)n1. The van der Waals surface area contributed by atoms with E-state index in [0.29, 0.717) is 0 Å². The van der Waals surface area contributed by atoms with Gasteiger partial charge in [-0.2, -0.15) is 0 Å². The number of nitrogens with zero attached hydrogens (tertiary/aromatic N) is 2. The van der Waals surface area contributed by atoms with Gasteiger partial charge in [0.2, 0.25) is 0 Å². The van der Waals surface area contributed by atoms with Gasteiger partial charge in [-0.05, 0) is 63.1 Å². The zero-order valence-corrected chi connectivity index (χ0v) is 16.5. The van der Waals surface area contributed by atoms with E-state index in [1.165, 1.54) is 32.6 Å². The molecule has 6 aromatic rings. The number of hydrogen-bond donors (Lipinski definition) is 0. The van der Waals surface area contributed by atoms with Gasteiger partial charge in [-0.25, -0.2) is 4.98 Å². The van der Waals surface area contributed by atoms with Crippen LogP contribution in [0.5, 0.6) is 0 Å². The summed E-state index contributed by atoms with van der Waals surface area (Å²) >= 11 is 3.48. The van der Waals surface area contributed by atoms with Gasteiger partial charge in [0.25, 0.3) is 0 Å². The van der Waals surface area contributed by atoms with Crippen molar-refractivity contribution in [3.05, 3.63) is 95.6 Å². The van der Waals surface area contributed by atoms with Crippen molar-refractivity contribution in [2.75, 3.05) is 0 Å². The number of aromatic nitrogens is 2. The van der Waals surface area contributed by atoms with Crippen LogP contribution in [0.25, 0.3) is 49.5 Å². The molecule has 0 N–H and O–H groups in total. The summed E-state index contributed by atoms with van der Waals surface area (Å²) in [5.74, 6) is 0. The largest absolute Gasteiger partial charge is 0.309 e. The fraction of sp³-hybridized carbons (Fsp3) is 0. The first-order valence-corrected chi connectivity index (χ1v) is 10.1. The van der Waals surface area contributed by atoms with Crippen molar-refractivity contribution in [3.63, 3.8) is 0 Å². The fourth-order valence-electron chi connectivity index (χ4n) is 4.27. The van der Waals surface area contributed by atoms with Gasteiger partial charge in [0.05, 0.1) is 16.7 Å². The van der Waals surface area contributed by atoms with Crippen LogP contribution in [0.1, 0.15) is 0 Å². The minimum atomic E-state index is 0.846. The minimum absolute atomic E-state index is 0.846. The van der Waals surface area contributed by atoms with E-state index >= 15 is 0 Å². The summed E-state index contributed by atoms with van der Waals surface area (Å²) in [5.41, 5.74) is 5.70. The van der Waals surface area contributed by atoms with Gasteiger partial charge in [-0.15, -0.1) is 0 Å². The molecule has 0 amide bonds. The summed E-state index contributed by atoms with van der Waals surface area (Å²) in [6.07, 6.45) is 0. The molecule has 0 aliphatic heterocycles. The maximum absolute atomic E-state index is 4.63. The third-order valence-electron chi connectivity index (χ3n) is 5.44. The first kappa shape index (κ1) is 15.8. The van der Waals surface area contributed by atoms with Crippen molar-refractivity contribution >= 4 is 48.5 Å². The minimum Gasteiger partial charge on any atom is -0.309 e. The Balaban J connectivity index is 1.69. The number of pyridine rings is 1. The average Bonchev–Trinajstić information content (AvgIpc) is 3.08. The maximum atomic E-state index is 4.63. The smallest absolute Gasteiger partial charge is 0.106 e. The lowest BCUT2D eigenvalue weighted by Gasteiger charge is -2.10. The summed E-state index contributed by atoms with van der Waals surface area (Å²) in [6, 6.07) is 32.2. The first-order valence-electron chi connectivity index (χ1n) is 9.27. The van der Waals surface area contributed by atoms with Crippen LogP contribution in [-0.2, 0) is 0 Å². The van der Waals surface area contributed by atoms with Crippen molar-refractivity contribution in [2.45, 2.75) is 0 Å². The Hall–Kier alpha value is -3.17. The molecule has 0 radical (unpaired) electrons. The highest BCUT2D eigenvalue weighted by Crippen LogP contribution is 2.39. The van der Waals surface area contributed by atoms with E-state index in [9.17, 15) is 0 Å². The molecule has 132 valence electrons. The van der Waals surface area contributed by atoms with Gasteiger partial charge in [-0.1, -0.05) is 54.6 Å². The van der Waals surface area contributed by atoms with Crippen LogP contribution in [0.4, 0.5) is 0 Å². The van der Waals surface area contributed by atoms with Gasteiger partial charge in [0, 0.05) is 22.0 Å². The number of halogens is 1. The van der Waals surface area contributed by atoms with Crippen LogP contribution < -0.4 is 0 Å². The number of rotatable bonds is 2. The Morgan fingerprint density at radius 3 is 1.96 bits per heavy atom. The van der Waals surface area contributed by atoms with E-state index in [1.807, 2.05) is 18.2 Å². The predicted molar refractivity (Wildman–Crippen MR) is 120 cm³/mol. The Morgan fingerprint density at radius 1 is 0.643 bits per heavy atom. The molecular formula is C25H15BrN2. The molecule has 0 saturated carbocycles. The average molecular weight is 423 g/mol. The lowest BCUT2D eigenvalue weighted by Crippen LogP contribution is -1.94. The van der Waals surface area contributed by atoms with Gasteiger partial charge in [0.1, 0.15) is 4.60 Å². The van der Waals surface area contributed by atoms with E-state index in [2.05, 4.69) is 98.3 Å². The molecule has 6 rings (SSSR count). The molecule has 28 heavy (non-hydrogen) atoms. The van der Waals surface area contributed by atoms with Gasteiger partial charge in [0.15, 0.2) is 0 Å².